The van der Waals surface area contributed by atoms with Gasteiger partial charge in [-0.05, 0) is 43.6 Å². The second kappa shape index (κ2) is 11.1. The van der Waals surface area contributed by atoms with Gasteiger partial charge in [-0.3, -0.25) is 5.10 Å². The maximum atomic E-state index is 6.01. The zero-order valence-corrected chi connectivity index (χ0v) is 17.7. The molecule has 1 aromatic carbocycles. The molecule has 28 heavy (non-hydrogen) atoms. The van der Waals surface area contributed by atoms with Crippen LogP contribution in [0.3, 0.4) is 0 Å². The molecule has 0 bridgehead atoms. The largest absolute Gasteiger partial charge is 0.493 e. The predicted molar refractivity (Wildman–Crippen MR) is 117 cm³/mol. The minimum absolute atomic E-state index is 0.438. The summed E-state index contributed by atoms with van der Waals surface area (Å²) < 4.78 is 8.35. The molecular formula is C22H32N4OS. The van der Waals surface area contributed by atoms with Crippen molar-refractivity contribution < 1.29 is 4.74 Å². The van der Waals surface area contributed by atoms with Gasteiger partial charge in [0.15, 0.2) is 5.82 Å². The van der Waals surface area contributed by atoms with E-state index in [1.165, 1.54) is 44.9 Å². The van der Waals surface area contributed by atoms with E-state index < -0.39 is 0 Å². The molecule has 2 aromatic rings. The van der Waals surface area contributed by atoms with Gasteiger partial charge in [-0.1, -0.05) is 64.0 Å². The fourth-order valence-electron chi connectivity index (χ4n) is 3.77. The van der Waals surface area contributed by atoms with Crippen LogP contribution in [-0.2, 0) is 0 Å². The van der Waals surface area contributed by atoms with Crippen LogP contribution in [0.5, 0.6) is 5.75 Å². The van der Waals surface area contributed by atoms with Gasteiger partial charge < -0.3 is 4.74 Å². The van der Waals surface area contributed by atoms with Gasteiger partial charge in [0.25, 0.3) is 0 Å². The molecule has 152 valence electrons. The van der Waals surface area contributed by atoms with Crippen molar-refractivity contribution in [1.82, 2.24) is 14.9 Å². The molecule has 0 amide bonds. The number of hydrogen-bond donors (Lipinski definition) is 1. The van der Waals surface area contributed by atoms with E-state index in [-0.39, 0.29) is 0 Å². The summed E-state index contributed by atoms with van der Waals surface area (Å²) in [5.74, 6) is 2.26. The maximum absolute atomic E-state index is 6.01. The summed E-state index contributed by atoms with van der Waals surface area (Å²) in [6.45, 7) is 2.98. The van der Waals surface area contributed by atoms with E-state index in [9.17, 15) is 0 Å². The van der Waals surface area contributed by atoms with Gasteiger partial charge in [-0.25, -0.2) is 0 Å². The highest BCUT2D eigenvalue weighted by Crippen LogP contribution is 2.31. The van der Waals surface area contributed by atoms with Crippen molar-refractivity contribution in [3.05, 3.63) is 40.4 Å². The molecule has 1 N–H and O–H groups in total. The first kappa shape index (κ1) is 20.8. The molecule has 0 spiro atoms. The molecule has 1 fully saturated rings. The van der Waals surface area contributed by atoms with E-state index in [0.29, 0.717) is 10.7 Å². The first-order valence-corrected chi connectivity index (χ1v) is 11.1. The van der Waals surface area contributed by atoms with Crippen LogP contribution < -0.4 is 4.74 Å². The average Bonchev–Trinajstić information content (AvgIpc) is 3.11. The zero-order valence-electron chi connectivity index (χ0n) is 16.9. The summed E-state index contributed by atoms with van der Waals surface area (Å²) in [7, 11) is 0. The van der Waals surface area contributed by atoms with Crippen molar-refractivity contribution in [1.29, 1.82) is 0 Å². The molecule has 0 aliphatic heterocycles. The number of unbranched alkanes of at least 4 members (excludes halogenated alkanes) is 4. The van der Waals surface area contributed by atoms with E-state index in [0.717, 1.165) is 43.0 Å². The molecule has 6 heteroatoms. The molecule has 1 aliphatic rings. The Bertz CT molecular complexity index is 805. The Kier molecular flexibility index (Phi) is 8.27. The number of H-pyrrole nitrogens is 1. The van der Waals surface area contributed by atoms with Gasteiger partial charge in [-0.2, -0.15) is 14.9 Å². The second-order valence-corrected chi connectivity index (χ2v) is 7.97. The van der Waals surface area contributed by atoms with Crippen molar-refractivity contribution in [2.75, 3.05) is 6.61 Å². The van der Waals surface area contributed by atoms with Crippen LogP contribution in [0.1, 0.15) is 88.4 Å². The van der Waals surface area contributed by atoms with Gasteiger partial charge in [0.2, 0.25) is 4.77 Å². The van der Waals surface area contributed by atoms with Crippen LogP contribution in [0.15, 0.2) is 29.4 Å². The number of nitrogens with one attached hydrogen (secondary N) is 1. The molecule has 0 atom stereocenters. The van der Waals surface area contributed by atoms with E-state index in [2.05, 4.69) is 22.2 Å². The van der Waals surface area contributed by atoms with Gasteiger partial charge in [0.05, 0.1) is 12.8 Å². The third kappa shape index (κ3) is 5.77. The number of aromatic nitrogens is 3. The van der Waals surface area contributed by atoms with Crippen molar-refractivity contribution in [3.8, 4) is 5.75 Å². The van der Waals surface area contributed by atoms with Gasteiger partial charge in [0.1, 0.15) is 5.75 Å². The molecule has 0 unspecified atom stereocenters. The monoisotopic (exact) mass is 400 g/mol. The summed E-state index contributed by atoms with van der Waals surface area (Å²) >= 11 is 5.41. The van der Waals surface area contributed by atoms with E-state index in [4.69, 9.17) is 17.0 Å². The Balaban J connectivity index is 1.66. The molecule has 5 nitrogen and oxygen atoms in total. The van der Waals surface area contributed by atoms with E-state index in [1.54, 1.807) is 4.68 Å². The minimum Gasteiger partial charge on any atom is -0.493 e. The van der Waals surface area contributed by atoms with E-state index >= 15 is 0 Å². The molecule has 1 aromatic heterocycles. The molecular weight excluding hydrogens is 368 g/mol. The Hall–Kier alpha value is -1.95. The van der Waals surface area contributed by atoms with Crippen LogP contribution in [0.4, 0.5) is 0 Å². The highest BCUT2D eigenvalue weighted by molar-refractivity contribution is 7.71. The first-order valence-electron chi connectivity index (χ1n) is 10.7. The summed E-state index contributed by atoms with van der Waals surface area (Å²) in [5.41, 5.74) is 0.966. The second-order valence-electron chi connectivity index (χ2n) is 7.58. The predicted octanol–water partition coefficient (Wildman–Crippen LogP) is 6.22. The SMILES string of the molecule is CCCCCCCOc1ccccc1/C=N\n1c(C2CCCCC2)n[nH]c1=S. The highest BCUT2D eigenvalue weighted by Gasteiger charge is 2.21. The van der Waals surface area contributed by atoms with Crippen LogP contribution in [-0.4, -0.2) is 27.7 Å². The lowest BCUT2D eigenvalue weighted by Gasteiger charge is -2.19. The number of rotatable bonds is 10. The quantitative estimate of drug-likeness (QED) is 0.293. The smallest absolute Gasteiger partial charge is 0.216 e. The summed E-state index contributed by atoms with van der Waals surface area (Å²) in [5, 5.41) is 12.0. The lowest BCUT2D eigenvalue weighted by atomic mass is 9.89. The van der Waals surface area contributed by atoms with Crippen LogP contribution >= 0.6 is 12.2 Å². The highest BCUT2D eigenvalue weighted by atomic mass is 32.1. The molecule has 0 saturated heterocycles. The van der Waals surface area contributed by atoms with E-state index in [1.807, 2.05) is 30.5 Å². The summed E-state index contributed by atoms with van der Waals surface area (Å²) in [6, 6.07) is 8.04. The Morgan fingerprint density at radius 1 is 1.18 bits per heavy atom. The molecule has 3 rings (SSSR count). The first-order chi connectivity index (χ1) is 13.8. The van der Waals surface area contributed by atoms with Crippen molar-refractivity contribution in [2.45, 2.75) is 77.0 Å². The Morgan fingerprint density at radius 3 is 2.79 bits per heavy atom. The van der Waals surface area contributed by atoms with Gasteiger partial charge >= 0.3 is 0 Å². The number of benzene rings is 1. The number of hydrogen-bond acceptors (Lipinski definition) is 4. The fourth-order valence-corrected chi connectivity index (χ4v) is 3.95. The third-order valence-electron chi connectivity index (χ3n) is 5.38. The van der Waals surface area contributed by atoms with Crippen molar-refractivity contribution >= 4 is 18.4 Å². The topological polar surface area (TPSA) is 55.2 Å². The number of ether oxygens (including phenoxy) is 1. The normalized spacial score (nSPS) is 15.3. The molecule has 0 radical (unpaired) electrons. The summed E-state index contributed by atoms with van der Waals surface area (Å²) in [4.78, 5) is 0. The average molecular weight is 401 g/mol. The molecule has 1 aliphatic carbocycles. The third-order valence-corrected chi connectivity index (χ3v) is 5.65. The summed E-state index contributed by atoms with van der Waals surface area (Å²) in [6.07, 6.45) is 14.1. The number of aromatic amines is 1. The number of para-hydroxylation sites is 1. The standard InChI is InChI=1S/C22H32N4OS/c1-2-3-4-5-11-16-27-20-15-10-9-14-19(20)17-23-26-21(24-25-22(26)28)18-12-7-6-8-13-18/h9-10,14-15,17-18H,2-8,11-13,16H2,1H3,(H,25,28)/b23-17-. The Labute approximate surface area is 173 Å². The van der Waals surface area contributed by atoms with Gasteiger partial charge in [-0.15, -0.1) is 0 Å². The van der Waals surface area contributed by atoms with Crippen molar-refractivity contribution in [3.63, 3.8) is 0 Å². The van der Waals surface area contributed by atoms with Crippen molar-refractivity contribution in [2.24, 2.45) is 5.10 Å². The maximum Gasteiger partial charge on any atom is 0.216 e. The molecule has 1 heterocycles. The van der Waals surface area contributed by atoms with Crippen LogP contribution in [0.2, 0.25) is 0 Å². The zero-order chi connectivity index (χ0) is 19.6. The molecule has 1 saturated carbocycles. The lowest BCUT2D eigenvalue weighted by molar-refractivity contribution is 0.304. The minimum atomic E-state index is 0.438. The Morgan fingerprint density at radius 2 is 1.96 bits per heavy atom. The number of nitrogens with zero attached hydrogens (tertiary/aromatic N) is 3. The lowest BCUT2D eigenvalue weighted by Crippen LogP contribution is -2.10. The fraction of sp³-hybridized carbons (Fsp3) is 0.591. The van der Waals surface area contributed by atoms with Crippen LogP contribution in [0.25, 0.3) is 0 Å². The van der Waals surface area contributed by atoms with Crippen LogP contribution in [0, 0.1) is 4.77 Å². The van der Waals surface area contributed by atoms with Gasteiger partial charge in [0, 0.05) is 11.5 Å².